The van der Waals surface area contributed by atoms with Gasteiger partial charge in [-0.1, -0.05) is 25.0 Å². The van der Waals surface area contributed by atoms with Crippen LogP contribution >= 0.6 is 0 Å². The summed E-state index contributed by atoms with van der Waals surface area (Å²) in [4.78, 5) is 13.9. The molecule has 0 aliphatic carbocycles. The number of carbonyl (C=O) groups excluding carboxylic acids is 1. The maximum absolute atomic E-state index is 11.7. The number of ether oxygens (including phenoxy) is 1. The monoisotopic (exact) mass is 367 g/mol. The summed E-state index contributed by atoms with van der Waals surface area (Å²) in [6, 6.07) is 7.20. The van der Waals surface area contributed by atoms with Crippen LogP contribution in [0.1, 0.15) is 44.6 Å². The molecule has 5 nitrogen and oxygen atoms in total. The predicted octanol–water partition coefficient (Wildman–Crippen LogP) is 3.67. The van der Waals surface area contributed by atoms with E-state index in [0.29, 0.717) is 17.4 Å². The minimum absolute atomic E-state index is 0.182. The van der Waals surface area contributed by atoms with Crippen molar-refractivity contribution in [3.8, 4) is 0 Å². The molecule has 0 aromatic heterocycles. The molecule has 0 spiro atoms. The van der Waals surface area contributed by atoms with Gasteiger partial charge in [0.25, 0.3) is 0 Å². The molecular weight excluding hydrogens is 338 g/mol. The summed E-state index contributed by atoms with van der Waals surface area (Å²) in [6.07, 6.45) is 7.61. The molecule has 1 heterocycles. The van der Waals surface area contributed by atoms with E-state index in [1.165, 1.54) is 18.2 Å². The Morgan fingerprint density at radius 3 is 2.36 bits per heavy atom. The Morgan fingerprint density at radius 1 is 1.16 bits per heavy atom. The van der Waals surface area contributed by atoms with Crippen molar-refractivity contribution in [3.63, 3.8) is 0 Å². The molecule has 0 radical (unpaired) electrons. The zero-order valence-electron chi connectivity index (χ0n) is 15.2. The van der Waals surface area contributed by atoms with Gasteiger partial charge in [-0.05, 0) is 56.2 Å². The fourth-order valence-corrected chi connectivity index (χ4v) is 3.91. The number of aryl methyl sites for hydroxylation is 1. The van der Waals surface area contributed by atoms with E-state index in [9.17, 15) is 13.2 Å². The third-order valence-electron chi connectivity index (χ3n) is 4.82. The van der Waals surface area contributed by atoms with E-state index in [1.807, 2.05) is 24.0 Å². The first-order valence-corrected chi connectivity index (χ1v) is 11.0. The van der Waals surface area contributed by atoms with E-state index in [-0.39, 0.29) is 6.09 Å². The zero-order chi connectivity index (χ0) is 18.3. The Balaban J connectivity index is 1.65. The third kappa shape index (κ3) is 6.34. The summed E-state index contributed by atoms with van der Waals surface area (Å²) in [5.41, 5.74) is 1.18. The number of piperidine rings is 1. The van der Waals surface area contributed by atoms with Crippen molar-refractivity contribution in [2.75, 3.05) is 26.0 Å². The van der Waals surface area contributed by atoms with E-state index in [4.69, 9.17) is 4.74 Å². The largest absolute Gasteiger partial charge is 0.450 e. The topological polar surface area (TPSA) is 63.7 Å². The van der Waals surface area contributed by atoms with Crippen molar-refractivity contribution in [2.45, 2.75) is 50.3 Å². The van der Waals surface area contributed by atoms with Gasteiger partial charge in [0.15, 0.2) is 9.84 Å². The molecule has 1 aromatic carbocycles. The maximum atomic E-state index is 11.7. The number of hydrogen-bond donors (Lipinski definition) is 0. The summed E-state index contributed by atoms with van der Waals surface area (Å²) in [5, 5.41) is 0. The second-order valence-corrected chi connectivity index (χ2v) is 8.81. The highest BCUT2D eigenvalue weighted by Crippen LogP contribution is 2.23. The molecule has 0 atom stereocenters. The highest BCUT2D eigenvalue weighted by atomic mass is 32.2. The van der Waals surface area contributed by atoms with E-state index in [0.717, 1.165) is 45.2 Å². The van der Waals surface area contributed by atoms with E-state index in [2.05, 4.69) is 0 Å². The van der Waals surface area contributed by atoms with E-state index in [1.54, 1.807) is 12.1 Å². The summed E-state index contributed by atoms with van der Waals surface area (Å²) < 4.78 is 27.9. The average molecular weight is 368 g/mol. The number of hydrogen-bond acceptors (Lipinski definition) is 4. The van der Waals surface area contributed by atoms with Crippen molar-refractivity contribution >= 4 is 15.9 Å². The van der Waals surface area contributed by atoms with Crippen molar-refractivity contribution < 1.29 is 17.9 Å². The lowest BCUT2D eigenvalue weighted by Crippen LogP contribution is -2.38. The van der Waals surface area contributed by atoms with Gasteiger partial charge in [-0.15, -0.1) is 0 Å². The van der Waals surface area contributed by atoms with Gasteiger partial charge in [0.05, 0.1) is 11.5 Å². The van der Waals surface area contributed by atoms with Crippen LogP contribution < -0.4 is 0 Å². The number of carbonyl (C=O) groups is 1. The molecule has 0 bridgehead atoms. The predicted molar refractivity (Wildman–Crippen MR) is 98.4 cm³/mol. The number of rotatable bonds is 7. The fraction of sp³-hybridized carbons (Fsp3) is 0.632. The molecule has 0 N–H and O–H groups in total. The van der Waals surface area contributed by atoms with Gasteiger partial charge >= 0.3 is 6.09 Å². The van der Waals surface area contributed by atoms with Gasteiger partial charge in [0.2, 0.25) is 0 Å². The van der Waals surface area contributed by atoms with Gasteiger partial charge in [0, 0.05) is 19.3 Å². The Hall–Kier alpha value is -1.56. The number of likely N-dealkylation sites (tertiary alicyclic amines) is 1. The molecule has 25 heavy (non-hydrogen) atoms. The molecule has 0 saturated carbocycles. The Labute approximate surface area is 151 Å². The van der Waals surface area contributed by atoms with Gasteiger partial charge in [-0.2, -0.15) is 0 Å². The number of amides is 1. The van der Waals surface area contributed by atoms with Gasteiger partial charge < -0.3 is 9.64 Å². The highest BCUT2D eigenvalue weighted by Gasteiger charge is 2.23. The van der Waals surface area contributed by atoms with Crippen LogP contribution in [0.15, 0.2) is 29.2 Å². The van der Waals surface area contributed by atoms with Crippen LogP contribution in [-0.4, -0.2) is 45.4 Å². The number of benzene rings is 1. The van der Waals surface area contributed by atoms with Crippen LogP contribution in [-0.2, 0) is 21.0 Å². The summed E-state index contributed by atoms with van der Waals surface area (Å²) in [5.74, 6) is 0.693. The second kappa shape index (κ2) is 9.22. The van der Waals surface area contributed by atoms with Crippen LogP contribution in [0.4, 0.5) is 4.79 Å². The Morgan fingerprint density at radius 2 is 1.80 bits per heavy atom. The van der Waals surface area contributed by atoms with Crippen molar-refractivity contribution in [1.82, 2.24) is 4.90 Å². The average Bonchev–Trinajstić information content (AvgIpc) is 2.59. The molecule has 6 heteroatoms. The van der Waals surface area contributed by atoms with E-state index < -0.39 is 9.84 Å². The van der Waals surface area contributed by atoms with Crippen LogP contribution in [0.3, 0.4) is 0 Å². The molecule has 1 amide bonds. The van der Waals surface area contributed by atoms with Crippen molar-refractivity contribution in [1.29, 1.82) is 0 Å². The first-order valence-electron chi connectivity index (χ1n) is 9.11. The van der Waals surface area contributed by atoms with Gasteiger partial charge in [-0.25, -0.2) is 13.2 Å². The lowest BCUT2D eigenvalue weighted by molar-refractivity contribution is 0.0906. The van der Waals surface area contributed by atoms with Crippen molar-refractivity contribution in [3.05, 3.63) is 29.8 Å². The van der Waals surface area contributed by atoms with Crippen LogP contribution in [0.5, 0.6) is 0 Å². The molecule has 1 fully saturated rings. The zero-order valence-corrected chi connectivity index (χ0v) is 16.1. The van der Waals surface area contributed by atoms with Gasteiger partial charge in [0.1, 0.15) is 0 Å². The van der Waals surface area contributed by atoms with Crippen LogP contribution in [0.25, 0.3) is 0 Å². The minimum Gasteiger partial charge on any atom is -0.450 e. The normalized spacial score (nSPS) is 16.0. The maximum Gasteiger partial charge on any atom is 0.409 e. The molecule has 140 valence electrons. The molecular formula is C19H29NO4S. The first-order chi connectivity index (χ1) is 11.9. The van der Waals surface area contributed by atoms with Crippen LogP contribution in [0.2, 0.25) is 0 Å². The molecule has 1 saturated heterocycles. The molecule has 1 aromatic rings. The van der Waals surface area contributed by atoms with Gasteiger partial charge in [-0.3, -0.25) is 0 Å². The first kappa shape index (κ1) is 19.8. The fourth-order valence-electron chi connectivity index (χ4n) is 3.28. The SMILES string of the molecule is CCOC(=O)N1CCC(CCCCc2ccc(S(C)(=O)=O)cc2)CC1. The molecule has 0 unspecified atom stereocenters. The van der Waals surface area contributed by atoms with Crippen molar-refractivity contribution in [2.24, 2.45) is 5.92 Å². The number of sulfone groups is 1. The highest BCUT2D eigenvalue weighted by molar-refractivity contribution is 7.90. The Kier molecular flexibility index (Phi) is 7.29. The quantitative estimate of drug-likeness (QED) is 0.690. The minimum atomic E-state index is -3.11. The molecule has 2 rings (SSSR count). The standard InChI is InChI=1S/C19H29NO4S/c1-3-24-19(21)20-14-12-17(13-15-20)7-5-4-6-16-8-10-18(11-9-16)25(2,22)23/h8-11,17H,3-7,12-15H2,1-2H3. The lowest BCUT2D eigenvalue weighted by Gasteiger charge is -2.31. The van der Waals surface area contributed by atoms with Crippen LogP contribution in [0, 0.1) is 5.92 Å². The molecule has 1 aliphatic heterocycles. The summed E-state index contributed by atoms with van der Waals surface area (Å²) in [7, 11) is -3.11. The molecule has 1 aliphatic rings. The smallest absolute Gasteiger partial charge is 0.409 e. The number of unbranched alkanes of at least 4 members (excludes halogenated alkanes) is 1. The third-order valence-corrected chi connectivity index (χ3v) is 5.95. The summed E-state index contributed by atoms with van der Waals surface area (Å²) >= 11 is 0. The second-order valence-electron chi connectivity index (χ2n) is 6.79. The Bertz CT molecular complexity index is 647. The number of nitrogens with zero attached hydrogens (tertiary/aromatic N) is 1. The lowest BCUT2D eigenvalue weighted by atomic mass is 9.91. The van der Waals surface area contributed by atoms with E-state index >= 15 is 0 Å². The summed E-state index contributed by atoms with van der Waals surface area (Å²) in [6.45, 7) is 3.87.